The maximum absolute atomic E-state index is 12.5. The van der Waals surface area contributed by atoms with E-state index in [2.05, 4.69) is 4.99 Å². The van der Waals surface area contributed by atoms with Gasteiger partial charge in [0, 0.05) is 16.4 Å². The number of benzene rings is 1. The number of nitrogens with zero attached hydrogens (tertiary/aromatic N) is 2. The van der Waals surface area contributed by atoms with Gasteiger partial charge in [-0.25, -0.2) is 4.99 Å². The van der Waals surface area contributed by atoms with E-state index in [9.17, 15) is 4.79 Å². The van der Waals surface area contributed by atoms with Gasteiger partial charge in [-0.2, -0.15) is 0 Å². The Morgan fingerprint density at radius 3 is 2.86 bits per heavy atom. The molecule has 2 aromatic rings. The van der Waals surface area contributed by atoms with Gasteiger partial charge in [-0.1, -0.05) is 23.7 Å². The number of aliphatic imine (C=N–C) groups is 1. The first-order chi connectivity index (χ1) is 10.7. The van der Waals surface area contributed by atoms with Gasteiger partial charge in [-0.15, -0.1) is 11.3 Å². The first-order valence-electron chi connectivity index (χ1n) is 6.76. The van der Waals surface area contributed by atoms with E-state index in [0.29, 0.717) is 21.6 Å². The summed E-state index contributed by atoms with van der Waals surface area (Å²) in [5, 5.41) is 3.32. The summed E-state index contributed by atoms with van der Waals surface area (Å²) in [6.07, 6.45) is 1.92. The molecule has 0 atom stereocenters. The van der Waals surface area contributed by atoms with E-state index in [-0.39, 0.29) is 5.91 Å². The van der Waals surface area contributed by atoms with Gasteiger partial charge in [0.2, 0.25) is 0 Å². The Hall–Kier alpha value is -1.56. The molecule has 0 bridgehead atoms. The fourth-order valence-corrected chi connectivity index (χ4v) is 4.00. The van der Waals surface area contributed by atoms with Gasteiger partial charge in [0.25, 0.3) is 5.91 Å². The van der Waals surface area contributed by atoms with Crippen LogP contribution in [-0.4, -0.2) is 22.5 Å². The van der Waals surface area contributed by atoms with Gasteiger partial charge >= 0.3 is 0 Å². The van der Waals surface area contributed by atoms with Gasteiger partial charge in [-0.3, -0.25) is 9.69 Å². The van der Waals surface area contributed by atoms with Crippen LogP contribution in [0.1, 0.15) is 11.8 Å². The molecule has 22 heavy (non-hydrogen) atoms. The highest BCUT2D eigenvalue weighted by Crippen LogP contribution is 2.34. The highest BCUT2D eigenvalue weighted by atomic mass is 35.5. The second-order valence-corrected chi connectivity index (χ2v) is 6.97. The lowest BCUT2D eigenvalue weighted by atomic mass is 10.3. The van der Waals surface area contributed by atoms with E-state index in [4.69, 9.17) is 11.6 Å². The molecule has 0 radical (unpaired) electrons. The predicted molar refractivity (Wildman–Crippen MR) is 95.8 cm³/mol. The van der Waals surface area contributed by atoms with Gasteiger partial charge in [0.05, 0.1) is 10.6 Å². The number of carbonyl (C=O) groups is 1. The topological polar surface area (TPSA) is 32.7 Å². The first-order valence-corrected chi connectivity index (χ1v) is 8.84. The SMILES string of the molecule is CCN1C(=O)/C(=C\c2cccs2)SC1=Nc1cccc(Cl)c1. The molecule has 112 valence electrons. The number of amides is 1. The van der Waals surface area contributed by atoms with Crippen LogP contribution in [0.2, 0.25) is 5.02 Å². The Kier molecular flexibility index (Phi) is 4.66. The molecular weight excluding hydrogens is 336 g/mol. The molecule has 3 rings (SSSR count). The molecule has 0 saturated carbocycles. The van der Waals surface area contributed by atoms with Crippen LogP contribution in [0.25, 0.3) is 6.08 Å². The Balaban J connectivity index is 1.93. The normalized spacial score (nSPS) is 18.6. The van der Waals surface area contributed by atoms with Crippen molar-refractivity contribution in [2.75, 3.05) is 6.54 Å². The summed E-state index contributed by atoms with van der Waals surface area (Å²) in [6.45, 7) is 2.53. The maximum Gasteiger partial charge on any atom is 0.266 e. The minimum absolute atomic E-state index is 0.00155. The van der Waals surface area contributed by atoms with Crippen molar-refractivity contribution in [1.29, 1.82) is 0 Å². The van der Waals surface area contributed by atoms with E-state index in [1.54, 1.807) is 28.4 Å². The number of thiophene rings is 1. The Labute approximate surface area is 142 Å². The molecule has 1 aromatic heterocycles. The third-order valence-corrected chi connectivity index (χ3v) is 5.11. The highest BCUT2D eigenvalue weighted by molar-refractivity contribution is 8.18. The maximum atomic E-state index is 12.5. The lowest BCUT2D eigenvalue weighted by Gasteiger charge is -2.11. The number of halogens is 1. The second kappa shape index (κ2) is 6.69. The summed E-state index contributed by atoms with van der Waals surface area (Å²) in [5.74, 6) is 0.00155. The van der Waals surface area contributed by atoms with Crippen LogP contribution in [0.15, 0.2) is 51.7 Å². The average Bonchev–Trinajstić information content (AvgIpc) is 3.09. The number of rotatable bonds is 3. The standard InChI is InChI=1S/C16H13ClN2OS2/c1-2-19-15(20)14(10-13-7-4-8-21-13)22-16(19)18-12-6-3-5-11(17)9-12/h3-10H,2H2,1H3/b14-10+,18-16?. The molecule has 1 aliphatic heterocycles. The fraction of sp³-hybridized carbons (Fsp3) is 0.125. The van der Waals surface area contributed by atoms with Crippen molar-refractivity contribution >= 4 is 57.5 Å². The first kappa shape index (κ1) is 15.3. The summed E-state index contributed by atoms with van der Waals surface area (Å²) in [6, 6.07) is 11.3. The summed E-state index contributed by atoms with van der Waals surface area (Å²) >= 11 is 9.00. The van der Waals surface area contributed by atoms with Crippen LogP contribution in [0.5, 0.6) is 0 Å². The molecule has 0 aliphatic carbocycles. The number of carbonyl (C=O) groups excluding carboxylic acids is 1. The molecule has 0 N–H and O–H groups in total. The zero-order chi connectivity index (χ0) is 15.5. The van der Waals surface area contributed by atoms with Gasteiger partial charge in [0.1, 0.15) is 0 Å². The summed E-state index contributed by atoms with van der Waals surface area (Å²) in [4.78, 5) is 20.5. The molecule has 1 aliphatic rings. The Morgan fingerprint density at radius 1 is 1.32 bits per heavy atom. The molecular formula is C16H13ClN2OS2. The third kappa shape index (κ3) is 3.27. The number of amidine groups is 1. The number of thioether (sulfide) groups is 1. The van der Waals surface area contributed by atoms with Crippen LogP contribution >= 0.6 is 34.7 Å². The van der Waals surface area contributed by atoms with Gasteiger partial charge < -0.3 is 0 Å². The lowest BCUT2D eigenvalue weighted by molar-refractivity contribution is -0.122. The van der Waals surface area contributed by atoms with E-state index >= 15 is 0 Å². The monoisotopic (exact) mass is 348 g/mol. The van der Waals surface area contributed by atoms with Crippen molar-refractivity contribution in [3.05, 3.63) is 56.6 Å². The highest BCUT2D eigenvalue weighted by Gasteiger charge is 2.32. The van der Waals surface area contributed by atoms with Crippen LogP contribution in [-0.2, 0) is 4.79 Å². The van der Waals surface area contributed by atoms with E-state index < -0.39 is 0 Å². The smallest absolute Gasteiger partial charge is 0.266 e. The summed E-state index contributed by atoms with van der Waals surface area (Å²) < 4.78 is 0. The molecule has 6 heteroatoms. The summed E-state index contributed by atoms with van der Waals surface area (Å²) in [5.41, 5.74) is 0.749. The second-order valence-electron chi connectivity index (χ2n) is 4.55. The Morgan fingerprint density at radius 2 is 2.18 bits per heavy atom. The minimum atomic E-state index is 0.00155. The zero-order valence-corrected chi connectivity index (χ0v) is 14.2. The molecule has 2 heterocycles. The predicted octanol–water partition coefficient (Wildman–Crippen LogP) is 5.03. The number of hydrogen-bond donors (Lipinski definition) is 0. The van der Waals surface area contributed by atoms with Crippen LogP contribution in [0.3, 0.4) is 0 Å². The quantitative estimate of drug-likeness (QED) is 0.729. The van der Waals surface area contributed by atoms with Crippen molar-refractivity contribution in [3.63, 3.8) is 0 Å². The fourth-order valence-electron chi connectivity index (χ4n) is 2.03. The van der Waals surface area contributed by atoms with Gasteiger partial charge in [0.15, 0.2) is 5.17 Å². The Bertz CT molecular complexity index is 753. The molecule has 0 spiro atoms. The summed E-state index contributed by atoms with van der Waals surface area (Å²) in [7, 11) is 0. The van der Waals surface area contributed by atoms with Crippen LogP contribution in [0.4, 0.5) is 5.69 Å². The molecule has 1 saturated heterocycles. The van der Waals surface area contributed by atoms with E-state index in [0.717, 1.165) is 10.6 Å². The molecule has 3 nitrogen and oxygen atoms in total. The van der Waals surface area contributed by atoms with E-state index in [1.807, 2.05) is 42.6 Å². The van der Waals surface area contributed by atoms with E-state index in [1.165, 1.54) is 11.8 Å². The largest absolute Gasteiger partial charge is 0.287 e. The van der Waals surface area contributed by atoms with Crippen LogP contribution in [0, 0.1) is 0 Å². The lowest BCUT2D eigenvalue weighted by Crippen LogP contribution is -2.28. The average molecular weight is 349 g/mol. The van der Waals surface area contributed by atoms with Crippen LogP contribution < -0.4 is 0 Å². The number of hydrogen-bond acceptors (Lipinski definition) is 4. The van der Waals surface area contributed by atoms with Crippen molar-refractivity contribution in [2.45, 2.75) is 6.92 Å². The van der Waals surface area contributed by atoms with Gasteiger partial charge in [-0.05, 0) is 54.4 Å². The molecule has 1 aromatic carbocycles. The van der Waals surface area contributed by atoms with Crippen molar-refractivity contribution in [2.24, 2.45) is 4.99 Å². The van der Waals surface area contributed by atoms with Crippen molar-refractivity contribution in [3.8, 4) is 0 Å². The third-order valence-electron chi connectivity index (χ3n) is 3.05. The minimum Gasteiger partial charge on any atom is -0.287 e. The number of likely N-dealkylation sites (N-methyl/N-ethyl adjacent to an activating group) is 1. The zero-order valence-electron chi connectivity index (χ0n) is 11.8. The van der Waals surface area contributed by atoms with Crippen molar-refractivity contribution in [1.82, 2.24) is 4.90 Å². The van der Waals surface area contributed by atoms with Crippen molar-refractivity contribution < 1.29 is 4.79 Å². The molecule has 0 unspecified atom stereocenters. The molecule has 1 fully saturated rings. The molecule has 1 amide bonds.